The highest BCUT2D eigenvalue weighted by molar-refractivity contribution is 7.97. The number of rotatable bonds is 9. The van der Waals surface area contributed by atoms with Crippen molar-refractivity contribution in [1.82, 2.24) is 14.9 Å². The van der Waals surface area contributed by atoms with E-state index in [1.165, 1.54) is 31.4 Å². The molecule has 0 aromatic rings. The van der Waals surface area contributed by atoms with Gasteiger partial charge in [-0.3, -0.25) is 9.62 Å². The summed E-state index contributed by atoms with van der Waals surface area (Å²) < 4.78 is 8.82. The van der Waals surface area contributed by atoms with Gasteiger partial charge in [-0.05, 0) is 26.2 Å². The number of hydrogen-bond donors (Lipinski definition) is 2. The Morgan fingerprint density at radius 1 is 1.32 bits per heavy atom. The summed E-state index contributed by atoms with van der Waals surface area (Å²) in [7, 11) is 0. The fraction of sp³-hybridized carbons (Fsp3) is 1.00. The van der Waals surface area contributed by atoms with Crippen LogP contribution in [-0.2, 0) is 4.74 Å². The van der Waals surface area contributed by atoms with Crippen LogP contribution in [-0.4, -0.2) is 62.1 Å². The molecule has 0 radical (unpaired) electrons. The Morgan fingerprint density at radius 2 is 2.11 bits per heavy atom. The first-order valence-electron chi connectivity index (χ1n) is 7.75. The Bertz CT molecular complexity index is 233. The molecule has 112 valence electrons. The van der Waals surface area contributed by atoms with Crippen molar-refractivity contribution >= 4 is 11.9 Å². The van der Waals surface area contributed by atoms with Gasteiger partial charge in [0, 0.05) is 44.0 Å². The molecule has 1 aliphatic heterocycles. The van der Waals surface area contributed by atoms with Crippen molar-refractivity contribution in [3.8, 4) is 0 Å². The predicted molar refractivity (Wildman–Crippen MR) is 82.6 cm³/mol. The summed E-state index contributed by atoms with van der Waals surface area (Å²) in [6.07, 6.45) is 5.44. The molecule has 1 saturated carbocycles. The standard InChI is InChI=1S/C14H29N3OS/c1-13(16-14-3-2-4-14)5-12-19-15-6-7-17-8-10-18-11-9-17/h13-16H,2-12H2,1H3. The highest BCUT2D eigenvalue weighted by atomic mass is 32.2. The Kier molecular flexibility index (Phi) is 7.53. The van der Waals surface area contributed by atoms with E-state index in [4.69, 9.17) is 4.74 Å². The lowest BCUT2D eigenvalue weighted by molar-refractivity contribution is 0.0391. The maximum Gasteiger partial charge on any atom is 0.0594 e. The number of ether oxygens (including phenoxy) is 1. The van der Waals surface area contributed by atoms with Crippen molar-refractivity contribution in [3.63, 3.8) is 0 Å². The molecule has 2 rings (SSSR count). The third kappa shape index (κ3) is 6.45. The average molecular weight is 287 g/mol. The van der Waals surface area contributed by atoms with Gasteiger partial charge in [-0.15, -0.1) is 0 Å². The summed E-state index contributed by atoms with van der Waals surface area (Å²) in [6, 6.07) is 1.48. The minimum Gasteiger partial charge on any atom is -0.379 e. The molecule has 1 unspecified atom stereocenters. The van der Waals surface area contributed by atoms with Crippen LogP contribution in [0.25, 0.3) is 0 Å². The lowest BCUT2D eigenvalue weighted by atomic mass is 9.92. The summed E-state index contributed by atoms with van der Waals surface area (Å²) in [6.45, 7) is 8.52. The van der Waals surface area contributed by atoms with E-state index in [9.17, 15) is 0 Å². The van der Waals surface area contributed by atoms with Crippen LogP contribution < -0.4 is 10.0 Å². The quantitative estimate of drug-likeness (QED) is 0.496. The zero-order chi connectivity index (χ0) is 13.3. The van der Waals surface area contributed by atoms with Crippen LogP contribution in [0.15, 0.2) is 0 Å². The number of hydrogen-bond acceptors (Lipinski definition) is 5. The Balaban J connectivity index is 1.37. The van der Waals surface area contributed by atoms with Gasteiger partial charge in [-0.1, -0.05) is 18.4 Å². The zero-order valence-corrected chi connectivity index (χ0v) is 13.0. The fourth-order valence-corrected chi connectivity index (χ4v) is 3.32. The van der Waals surface area contributed by atoms with E-state index in [1.54, 1.807) is 0 Å². The van der Waals surface area contributed by atoms with Gasteiger partial charge in [0.15, 0.2) is 0 Å². The molecule has 19 heavy (non-hydrogen) atoms. The fourth-order valence-electron chi connectivity index (χ4n) is 2.47. The predicted octanol–water partition coefficient (Wildman–Crippen LogP) is 1.48. The van der Waals surface area contributed by atoms with Gasteiger partial charge in [0.2, 0.25) is 0 Å². The molecule has 4 nitrogen and oxygen atoms in total. The maximum atomic E-state index is 5.34. The van der Waals surface area contributed by atoms with E-state index >= 15 is 0 Å². The lowest BCUT2D eigenvalue weighted by Gasteiger charge is -2.30. The lowest BCUT2D eigenvalue weighted by Crippen LogP contribution is -2.41. The van der Waals surface area contributed by atoms with Crippen LogP contribution in [0.1, 0.15) is 32.6 Å². The Labute approximate surface area is 122 Å². The molecule has 1 aliphatic carbocycles. The normalized spacial score (nSPS) is 23.2. The third-order valence-corrected chi connectivity index (χ3v) is 4.86. The summed E-state index contributed by atoms with van der Waals surface area (Å²) in [4.78, 5) is 2.47. The van der Waals surface area contributed by atoms with Crippen LogP contribution in [0, 0.1) is 0 Å². The van der Waals surface area contributed by atoms with E-state index in [2.05, 4.69) is 21.9 Å². The smallest absolute Gasteiger partial charge is 0.0594 e. The molecule has 1 atom stereocenters. The first-order valence-corrected chi connectivity index (χ1v) is 8.74. The molecule has 2 fully saturated rings. The van der Waals surface area contributed by atoms with Gasteiger partial charge in [-0.2, -0.15) is 0 Å². The zero-order valence-electron chi connectivity index (χ0n) is 12.2. The molecule has 5 heteroatoms. The van der Waals surface area contributed by atoms with Gasteiger partial charge in [-0.25, -0.2) is 0 Å². The Morgan fingerprint density at radius 3 is 2.79 bits per heavy atom. The number of nitrogens with zero attached hydrogens (tertiary/aromatic N) is 1. The first-order chi connectivity index (χ1) is 9.34. The van der Waals surface area contributed by atoms with E-state index in [-0.39, 0.29) is 0 Å². The van der Waals surface area contributed by atoms with Gasteiger partial charge >= 0.3 is 0 Å². The third-order valence-electron chi connectivity index (χ3n) is 4.01. The summed E-state index contributed by atoms with van der Waals surface area (Å²) in [5.74, 6) is 1.20. The summed E-state index contributed by atoms with van der Waals surface area (Å²) in [5.41, 5.74) is 0. The summed E-state index contributed by atoms with van der Waals surface area (Å²) in [5, 5.41) is 3.70. The van der Waals surface area contributed by atoms with Gasteiger partial charge in [0.05, 0.1) is 13.2 Å². The maximum absolute atomic E-state index is 5.34. The average Bonchev–Trinajstić information content (AvgIpc) is 2.39. The van der Waals surface area contributed by atoms with E-state index < -0.39 is 0 Å². The highest BCUT2D eigenvalue weighted by Gasteiger charge is 2.18. The number of morpholine rings is 1. The molecule has 0 aromatic carbocycles. The van der Waals surface area contributed by atoms with E-state index in [1.807, 2.05) is 11.9 Å². The topological polar surface area (TPSA) is 36.5 Å². The molecule has 2 N–H and O–H groups in total. The molecular weight excluding hydrogens is 258 g/mol. The Hall–Kier alpha value is 0.190. The molecule has 2 aliphatic rings. The van der Waals surface area contributed by atoms with Crippen molar-refractivity contribution in [2.45, 2.75) is 44.7 Å². The van der Waals surface area contributed by atoms with Crippen molar-refractivity contribution in [1.29, 1.82) is 0 Å². The van der Waals surface area contributed by atoms with Gasteiger partial charge in [0.1, 0.15) is 0 Å². The molecule has 1 heterocycles. The number of nitrogens with one attached hydrogen (secondary N) is 2. The van der Waals surface area contributed by atoms with Crippen molar-refractivity contribution < 1.29 is 4.74 Å². The second-order valence-electron chi connectivity index (χ2n) is 5.68. The molecule has 0 spiro atoms. The van der Waals surface area contributed by atoms with Crippen molar-refractivity contribution in [2.24, 2.45) is 0 Å². The SMILES string of the molecule is CC(CCSNCCN1CCOCC1)NC1CCC1. The summed E-state index contributed by atoms with van der Waals surface area (Å²) >= 11 is 1.87. The van der Waals surface area contributed by atoms with Crippen molar-refractivity contribution in [3.05, 3.63) is 0 Å². The monoisotopic (exact) mass is 287 g/mol. The molecule has 0 aromatic heterocycles. The van der Waals surface area contributed by atoms with E-state index in [0.717, 1.165) is 45.4 Å². The largest absolute Gasteiger partial charge is 0.379 e. The van der Waals surface area contributed by atoms with Gasteiger partial charge < -0.3 is 10.1 Å². The van der Waals surface area contributed by atoms with Crippen LogP contribution in [0.3, 0.4) is 0 Å². The highest BCUT2D eigenvalue weighted by Crippen LogP contribution is 2.19. The van der Waals surface area contributed by atoms with Gasteiger partial charge in [0.25, 0.3) is 0 Å². The van der Waals surface area contributed by atoms with Crippen LogP contribution in [0.5, 0.6) is 0 Å². The molecule has 0 bridgehead atoms. The van der Waals surface area contributed by atoms with E-state index in [0.29, 0.717) is 6.04 Å². The second-order valence-corrected chi connectivity index (χ2v) is 6.67. The van der Waals surface area contributed by atoms with Crippen LogP contribution >= 0.6 is 11.9 Å². The first kappa shape index (κ1) is 15.6. The minimum atomic E-state index is 0.666. The molecule has 0 amide bonds. The molecule has 1 saturated heterocycles. The van der Waals surface area contributed by atoms with Crippen LogP contribution in [0.4, 0.5) is 0 Å². The van der Waals surface area contributed by atoms with Crippen molar-refractivity contribution in [2.75, 3.05) is 45.1 Å². The minimum absolute atomic E-state index is 0.666. The molecular formula is C14H29N3OS. The second kappa shape index (κ2) is 9.19. The van der Waals surface area contributed by atoms with Crippen LogP contribution in [0.2, 0.25) is 0 Å².